The molecule has 0 radical (unpaired) electrons. The maximum Gasteiger partial charge on any atom is 0.127 e. The summed E-state index contributed by atoms with van der Waals surface area (Å²) in [7, 11) is 0. The first-order valence-electron chi connectivity index (χ1n) is 6.76. The molecule has 0 heterocycles. The Hall–Kier alpha value is -0.540. The van der Waals surface area contributed by atoms with Crippen LogP contribution in [0.1, 0.15) is 43.7 Å². The quantitative estimate of drug-likeness (QED) is 0.909. The summed E-state index contributed by atoms with van der Waals surface area (Å²) < 4.78 is 7.28. The summed E-state index contributed by atoms with van der Waals surface area (Å²) in [6, 6.07) is 4.16. The predicted octanol–water partition coefficient (Wildman–Crippen LogP) is 4.17. The van der Waals surface area contributed by atoms with Crippen molar-refractivity contribution in [2.45, 2.75) is 52.2 Å². The van der Waals surface area contributed by atoms with Gasteiger partial charge in [0.05, 0.1) is 6.10 Å². The highest BCUT2D eigenvalue weighted by Crippen LogP contribution is 2.32. The van der Waals surface area contributed by atoms with Gasteiger partial charge in [-0.2, -0.15) is 0 Å². The first-order chi connectivity index (χ1) is 8.60. The van der Waals surface area contributed by atoms with Crippen molar-refractivity contribution in [3.05, 3.63) is 27.7 Å². The fraction of sp³-hybridized carbons (Fsp3) is 0.600. The van der Waals surface area contributed by atoms with Gasteiger partial charge in [0.1, 0.15) is 5.75 Å². The molecule has 0 aliphatic heterocycles. The van der Waals surface area contributed by atoms with E-state index in [1.54, 1.807) is 0 Å². The molecule has 2 nitrogen and oxygen atoms in total. The first-order valence-corrected chi connectivity index (χ1v) is 7.55. The largest absolute Gasteiger partial charge is 0.490 e. The molecule has 1 saturated carbocycles. The molecule has 0 saturated heterocycles. The van der Waals surface area contributed by atoms with Crippen LogP contribution in [0.3, 0.4) is 0 Å². The topological polar surface area (TPSA) is 35.2 Å². The lowest BCUT2D eigenvalue weighted by molar-refractivity contribution is 0.133. The fourth-order valence-electron chi connectivity index (χ4n) is 2.63. The summed E-state index contributed by atoms with van der Waals surface area (Å²) in [5, 5.41) is 0. The Morgan fingerprint density at radius 1 is 1.28 bits per heavy atom. The molecule has 1 aromatic carbocycles. The highest BCUT2D eigenvalue weighted by molar-refractivity contribution is 9.10. The van der Waals surface area contributed by atoms with Gasteiger partial charge >= 0.3 is 0 Å². The molecule has 1 aromatic rings. The molecule has 100 valence electrons. The van der Waals surface area contributed by atoms with E-state index in [1.807, 2.05) is 0 Å². The summed E-state index contributed by atoms with van der Waals surface area (Å²) >= 11 is 3.51. The minimum atomic E-state index is 0.367. The second-order valence-corrected chi connectivity index (χ2v) is 6.33. The van der Waals surface area contributed by atoms with Crippen LogP contribution < -0.4 is 10.5 Å². The van der Waals surface area contributed by atoms with E-state index < -0.39 is 0 Å². The molecule has 3 heteroatoms. The van der Waals surface area contributed by atoms with E-state index in [4.69, 9.17) is 10.5 Å². The van der Waals surface area contributed by atoms with Gasteiger partial charge in [-0.1, -0.05) is 22.9 Å². The third-order valence-corrected chi connectivity index (χ3v) is 4.24. The number of ether oxygens (including phenoxy) is 1. The van der Waals surface area contributed by atoms with Crippen molar-refractivity contribution in [3.8, 4) is 5.75 Å². The zero-order chi connectivity index (χ0) is 13.1. The lowest BCUT2D eigenvalue weighted by atomic mass is 9.89. The van der Waals surface area contributed by atoms with Crippen LogP contribution in [0.2, 0.25) is 0 Å². The Bertz CT molecular complexity index is 411. The molecule has 1 fully saturated rings. The molecule has 1 aliphatic rings. The van der Waals surface area contributed by atoms with E-state index in [0.29, 0.717) is 12.6 Å². The van der Waals surface area contributed by atoms with Crippen molar-refractivity contribution < 1.29 is 4.74 Å². The summed E-state index contributed by atoms with van der Waals surface area (Å²) in [4.78, 5) is 0. The van der Waals surface area contributed by atoms with Gasteiger partial charge in [0.25, 0.3) is 0 Å². The third kappa shape index (κ3) is 3.27. The standard InChI is InChI=1S/C15H22BrNO/c1-10-3-5-14(6-4-10)18-15-11(2)7-13(16)8-12(15)9-17/h7-8,10,14H,3-6,9,17H2,1-2H3. The molecule has 18 heavy (non-hydrogen) atoms. The average Bonchev–Trinajstić information content (AvgIpc) is 2.34. The van der Waals surface area contributed by atoms with E-state index in [1.165, 1.54) is 31.2 Å². The second-order valence-electron chi connectivity index (χ2n) is 5.41. The van der Waals surface area contributed by atoms with Crippen LogP contribution in [-0.4, -0.2) is 6.10 Å². The number of benzene rings is 1. The Morgan fingerprint density at radius 2 is 1.94 bits per heavy atom. The van der Waals surface area contributed by atoms with E-state index in [9.17, 15) is 0 Å². The summed E-state index contributed by atoms with van der Waals surface area (Å²) in [6.45, 7) is 4.94. The Labute approximate surface area is 118 Å². The van der Waals surface area contributed by atoms with Crippen molar-refractivity contribution in [1.82, 2.24) is 0 Å². The molecule has 1 aliphatic carbocycles. The predicted molar refractivity (Wildman–Crippen MR) is 78.8 cm³/mol. The monoisotopic (exact) mass is 311 g/mol. The Morgan fingerprint density at radius 3 is 2.56 bits per heavy atom. The van der Waals surface area contributed by atoms with Crippen LogP contribution in [0.25, 0.3) is 0 Å². The van der Waals surface area contributed by atoms with Gasteiger partial charge < -0.3 is 10.5 Å². The molecular formula is C15H22BrNO. The summed E-state index contributed by atoms with van der Waals surface area (Å²) in [6.07, 6.45) is 5.25. The smallest absolute Gasteiger partial charge is 0.127 e. The molecule has 0 spiro atoms. The Balaban J connectivity index is 2.13. The number of nitrogens with two attached hydrogens (primary N) is 1. The van der Waals surface area contributed by atoms with Crippen LogP contribution >= 0.6 is 15.9 Å². The molecule has 0 atom stereocenters. The molecule has 2 N–H and O–H groups in total. The fourth-order valence-corrected chi connectivity index (χ4v) is 3.25. The lowest BCUT2D eigenvalue weighted by Gasteiger charge is -2.28. The molecular weight excluding hydrogens is 290 g/mol. The number of rotatable bonds is 3. The van der Waals surface area contributed by atoms with Crippen molar-refractivity contribution in [2.24, 2.45) is 11.7 Å². The molecule has 2 rings (SSSR count). The van der Waals surface area contributed by atoms with Gasteiger partial charge in [0.15, 0.2) is 0 Å². The maximum atomic E-state index is 6.21. The summed E-state index contributed by atoms with van der Waals surface area (Å²) in [5.41, 5.74) is 8.08. The van der Waals surface area contributed by atoms with Crippen molar-refractivity contribution >= 4 is 15.9 Å². The molecule has 0 amide bonds. The molecule has 0 aromatic heterocycles. The normalized spacial score (nSPS) is 24.0. The third-order valence-electron chi connectivity index (χ3n) is 3.78. The lowest BCUT2D eigenvalue weighted by Crippen LogP contribution is -2.24. The zero-order valence-corrected chi connectivity index (χ0v) is 12.8. The van der Waals surface area contributed by atoms with E-state index in [2.05, 4.69) is 41.9 Å². The highest BCUT2D eigenvalue weighted by atomic mass is 79.9. The van der Waals surface area contributed by atoms with Gasteiger partial charge in [-0.3, -0.25) is 0 Å². The van der Waals surface area contributed by atoms with Crippen molar-refractivity contribution in [1.29, 1.82) is 0 Å². The highest BCUT2D eigenvalue weighted by Gasteiger charge is 2.21. The number of aryl methyl sites for hydroxylation is 1. The van der Waals surface area contributed by atoms with Crippen LogP contribution in [0.4, 0.5) is 0 Å². The zero-order valence-electron chi connectivity index (χ0n) is 11.2. The summed E-state index contributed by atoms with van der Waals surface area (Å²) in [5.74, 6) is 1.85. The van der Waals surface area contributed by atoms with Gasteiger partial charge in [0.2, 0.25) is 0 Å². The van der Waals surface area contributed by atoms with Gasteiger partial charge in [-0.25, -0.2) is 0 Å². The maximum absolute atomic E-state index is 6.21. The Kier molecular flexibility index (Phi) is 4.68. The van der Waals surface area contributed by atoms with Crippen LogP contribution in [0.5, 0.6) is 5.75 Å². The van der Waals surface area contributed by atoms with Crippen LogP contribution in [0.15, 0.2) is 16.6 Å². The molecule has 0 unspecified atom stereocenters. The van der Waals surface area contributed by atoms with Crippen LogP contribution in [0, 0.1) is 12.8 Å². The van der Waals surface area contributed by atoms with Crippen molar-refractivity contribution in [3.63, 3.8) is 0 Å². The minimum absolute atomic E-state index is 0.367. The first kappa shape index (κ1) is 13.9. The van der Waals surface area contributed by atoms with Gasteiger partial charge in [-0.15, -0.1) is 0 Å². The van der Waals surface area contributed by atoms with E-state index >= 15 is 0 Å². The second kappa shape index (κ2) is 6.07. The van der Waals surface area contributed by atoms with Gasteiger partial charge in [0, 0.05) is 16.6 Å². The number of halogens is 1. The molecule has 0 bridgehead atoms. The minimum Gasteiger partial charge on any atom is -0.490 e. The van der Waals surface area contributed by atoms with E-state index in [0.717, 1.165) is 21.7 Å². The van der Waals surface area contributed by atoms with Crippen LogP contribution in [-0.2, 0) is 6.54 Å². The van der Waals surface area contributed by atoms with E-state index in [-0.39, 0.29) is 0 Å². The average molecular weight is 312 g/mol. The van der Waals surface area contributed by atoms with Gasteiger partial charge in [-0.05, 0) is 56.2 Å². The SMILES string of the molecule is Cc1cc(Br)cc(CN)c1OC1CCC(C)CC1. The van der Waals surface area contributed by atoms with Crippen molar-refractivity contribution in [2.75, 3.05) is 0 Å². The number of hydrogen-bond donors (Lipinski definition) is 1. The number of hydrogen-bond acceptors (Lipinski definition) is 2.